The van der Waals surface area contributed by atoms with Crippen LogP contribution in [0, 0.1) is 16.7 Å². The lowest BCUT2D eigenvalue weighted by Crippen LogP contribution is -2.74. The second-order valence-corrected chi connectivity index (χ2v) is 17.0. The molecular formula is C45H55N7O4. The summed E-state index contributed by atoms with van der Waals surface area (Å²) in [4.78, 5) is 47.8. The van der Waals surface area contributed by atoms with Crippen LogP contribution in [0.4, 0.5) is 5.69 Å². The van der Waals surface area contributed by atoms with Gasteiger partial charge in [0, 0.05) is 93.9 Å². The molecule has 1 spiro atoms. The molecule has 3 amide bonds. The molecular weight excluding hydrogens is 703 g/mol. The Balaban J connectivity index is 0.824. The normalized spacial score (nSPS) is 23.1. The first kappa shape index (κ1) is 37.6. The van der Waals surface area contributed by atoms with Gasteiger partial charge < -0.3 is 36.2 Å². The van der Waals surface area contributed by atoms with Gasteiger partial charge in [-0.25, -0.2) is 0 Å². The number of phenolic OH excluding ortho intramolecular Hbond substituents is 1. The molecule has 11 nitrogen and oxygen atoms in total. The van der Waals surface area contributed by atoms with E-state index in [2.05, 4.69) is 61.3 Å². The molecule has 5 fully saturated rings. The van der Waals surface area contributed by atoms with Gasteiger partial charge in [-0.3, -0.25) is 19.7 Å². The monoisotopic (exact) mass is 757 g/mol. The number of nitrogens with zero attached hydrogens (tertiary/aromatic N) is 4. The predicted octanol–water partition coefficient (Wildman–Crippen LogP) is 4.40. The van der Waals surface area contributed by atoms with Gasteiger partial charge in [-0.1, -0.05) is 54.6 Å². The Labute approximate surface area is 330 Å². The lowest BCUT2D eigenvalue weighted by atomic mass is 9.68. The summed E-state index contributed by atoms with van der Waals surface area (Å²) in [6.07, 6.45) is 8.82. The summed E-state index contributed by atoms with van der Waals surface area (Å²) in [5.41, 5.74) is 17.4. The Morgan fingerprint density at radius 1 is 0.839 bits per heavy atom. The summed E-state index contributed by atoms with van der Waals surface area (Å²) in [6.45, 7) is 8.33. The van der Waals surface area contributed by atoms with Gasteiger partial charge in [-0.05, 0) is 85.9 Å². The van der Waals surface area contributed by atoms with E-state index in [0.717, 1.165) is 89.2 Å². The number of nitrogens with two attached hydrogens (primary N) is 2. The van der Waals surface area contributed by atoms with Gasteiger partial charge in [-0.15, -0.1) is 0 Å². The fraction of sp³-hybridized carbons (Fsp3) is 0.444. The van der Waals surface area contributed by atoms with Gasteiger partial charge in [0.2, 0.25) is 17.7 Å². The second kappa shape index (κ2) is 15.7. The van der Waals surface area contributed by atoms with Crippen molar-refractivity contribution in [3.05, 3.63) is 114 Å². The molecule has 1 atom stereocenters. The number of phenols is 1. The van der Waals surface area contributed by atoms with Crippen LogP contribution >= 0.6 is 0 Å². The standard InChI is InChI=1S/C45H55N7O4/c46-26-36(24-39(47)38-8-4-5-9-40(38)53)51-22-18-45(19-23-51,25-32-6-2-1-3-7-32)43(56)52-30-44(31-52)28-49(29-44)27-33-16-20-50(21-17-33)35-12-10-34(11-13-35)37-14-15-41(54)48-42(37)55/h1-13,24,26,33,37,53H,14-23,25,27-31,46-47H2,(H,48,54,55)/b36-26+,39-24-. The number of imide groups is 1. The number of carbonyl (C=O) groups excluding carboxylic acids is 3. The zero-order chi connectivity index (χ0) is 38.9. The molecule has 0 radical (unpaired) electrons. The van der Waals surface area contributed by atoms with Crippen LogP contribution in [-0.4, -0.2) is 96.4 Å². The number of hydrogen-bond donors (Lipinski definition) is 4. The molecule has 5 saturated heterocycles. The van der Waals surface area contributed by atoms with Crippen LogP contribution in [0.15, 0.2) is 96.8 Å². The highest BCUT2D eigenvalue weighted by Crippen LogP contribution is 2.46. The van der Waals surface area contributed by atoms with E-state index >= 15 is 0 Å². The Kier molecular flexibility index (Phi) is 10.5. The van der Waals surface area contributed by atoms with Crippen molar-refractivity contribution < 1.29 is 19.5 Å². The van der Waals surface area contributed by atoms with Crippen LogP contribution in [0.5, 0.6) is 5.75 Å². The van der Waals surface area contributed by atoms with Crippen molar-refractivity contribution in [1.29, 1.82) is 0 Å². The van der Waals surface area contributed by atoms with E-state index < -0.39 is 5.41 Å². The largest absolute Gasteiger partial charge is 0.507 e. The van der Waals surface area contributed by atoms with E-state index in [1.165, 1.54) is 11.3 Å². The number of benzene rings is 3. The summed E-state index contributed by atoms with van der Waals surface area (Å²) < 4.78 is 0. The number of carbonyl (C=O) groups is 3. The third-order valence-corrected chi connectivity index (χ3v) is 13.1. The number of anilines is 1. The highest BCUT2D eigenvalue weighted by atomic mass is 16.3. The van der Waals surface area contributed by atoms with Crippen LogP contribution in [0.3, 0.4) is 0 Å². The van der Waals surface area contributed by atoms with Crippen molar-refractivity contribution in [2.75, 3.05) is 63.8 Å². The summed E-state index contributed by atoms with van der Waals surface area (Å²) in [5, 5.41) is 12.8. The third kappa shape index (κ3) is 7.74. The Bertz CT molecular complexity index is 1970. The molecule has 8 rings (SSSR count). The maximum atomic E-state index is 14.5. The minimum absolute atomic E-state index is 0.125. The highest BCUT2D eigenvalue weighted by molar-refractivity contribution is 6.01. The van der Waals surface area contributed by atoms with Crippen LogP contribution < -0.4 is 21.7 Å². The Morgan fingerprint density at radius 2 is 1.52 bits per heavy atom. The second-order valence-electron chi connectivity index (χ2n) is 17.0. The van der Waals surface area contributed by atoms with Crippen molar-refractivity contribution in [2.45, 2.75) is 50.9 Å². The van der Waals surface area contributed by atoms with E-state index in [-0.39, 0.29) is 34.8 Å². The predicted molar refractivity (Wildman–Crippen MR) is 218 cm³/mol. The molecule has 5 aliphatic heterocycles. The molecule has 3 aromatic rings. The van der Waals surface area contributed by atoms with Crippen molar-refractivity contribution in [3.63, 3.8) is 0 Å². The highest BCUT2D eigenvalue weighted by Gasteiger charge is 2.56. The molecule has 5 heterocycles. The lowest BCUT2D eigenvalue weighted by Gasteiger charge is -2.62. The minimum Gasteiger partial charge on any atom is -0.507 e. The number of hydrogen-bond acceptors (Lipinski definition) is 9. The zero-order valence-corrected chi connectivity index (χ0v) is 32.2. The summed E-state index contributed by atoms with van der Waals surface area (Å²) >= 11 is 0. The summed E-state index contributed by atoms with van der Waals surface area (Å²) in [7, 11) is 0. The van der Waals surface area contributed by atoms with Gasteiger partial charge >= 0.3 is 0 Å². The number of piperidine rings is 3. The third-order valence-electron chi connectivity index (χ3n) is 13.1. The van der Waals surface area contributed by atoms with Crippen molar-refractivity contribution in [1.82, 2.24) is 20.0 Å². The number of aromatic hydroxyl groups is 1. The quantitative estimate of drug-likeness (QED) is 0.175. The number of likely N-dealkylation sites (tertiary alicyclic amines) is 3. The summed E-state index contributed by atoms with van der Waals surface area (Å²) in [5.74, 6) is 0.455. The Hall–Kier alpha value is -5.29. The molecule has 5 aliphatic rings. The van der Waals surface area contributed by atoms with E-state index in [1.54, 1.807) is 24.4 Å². The molecule has 294 valence electrons. The smallest absolute Gasteiger partial charge is 0.234 e. The van der Waals surface area contributed by atoms with Gasteiger partial charge in [0.15, 0.2) is 0 Å². The first-order valence-corrected chi connectivity index (χ1v) is 20.3. The van der Waals surface area contributed by atoms with Gasteiger partial charge in [0.25, 0.3) is 0 Å². The van der Waals surface area contributed by atoms with Crippen molar-refractivity contribution in [2.24, 2.45) is 28.2 Å². The van der Waals surface area contributed by atoms with E-state index in [4.69, 9.17) is 11.5 Å². The maximum absolute atomic E-state index is 14.5. The SMILES string of the molecule is N/C=C(\C=C(/N)c1ccccc1O)N1CCC(Cc2ccccc2)(C(=O)N2CC3(CN(CC4CCN(c5ccc(C6CCC(=O)NC6=O)cc5)CC4)C3)C2)CC1. The summed E-state index contributed by atoms with van der Waals surface area (Å²) in [6, 6.07) is 25.8. The molecule has 0 bridgehead atoms. The topological polar surface area (TPSA) is 148 Å². The van der Waals surface area contributed by atoms with Gasteiger partial charge in [0.05, 0.1) is 17.0 Å². The van der Waals surface area contributed by atoms with E-state index in [1.807, 2.05) is 30.3 Å². The number of nitrogens with one attached hydrogen (secondary N) is 1. The van der Waals surface area contributed by atoms with Gasteiger partial charge in [0.1, 0.15) is 5.75 Å². The number of amides is 3. The van der Waals surface area contributed by atoms with Crippen LogP contribution in [0.25, 0.3) is 5.70 Å². The molecule has 0 saturated carbocycles. The molecule has 1 unspecified atom stereocenters. The van der Waals surface area contributed by atoms with Crippen LogP contribution in [0.1, 0.15) is 61.1 Å². The Morgan fingerprint density at radius 3 is 2.18 bits per heavy atom. The maximum Gasteiger partial charge on any atom is 0.234 e. The van der Waals surface area contributed by atoms with Crippen molar-refractivity contribution in [3.8, 4) is 5.75 Å². The average molecular weight is 758 g/mol. The first-order valence-electron chi connectivity index (χ1n) is 20.3. The molecule has 0 aliphatic carbocycles. The molecule has 6 N–H and O–H groups in total. The fourth-order valence-electron chi connectivity index (χ4n) is 9.99. The van der Waals surface area contributed by atoms with Crippen LogP contribution in [-0.2, 0) is 20.8 Å². The van der Waals surface area contributed by atoms with Crippen molar-refractivity contribution >= 4 is 29.1 Å². The fourth-order valence-corrected chi connectivity index (χ4v) is 9.99. The molecule has 11 heteroatoms. The zero-order valence-electron chi connectivity index (χ0n) is 32.2. The lowest BCUT2D eigenvalue weighted by molar-refractivity contribution is -0.172. The molecule has 0 aromatic heterocycles. The van der Waals surface area contributed by atoms with E-state index in [9.17, 15) is 19.5 Å². The van der Waals surface area contributed by atoms with E-state index in [0.29, 0.717) is 43.1 Å². The number of para-hydroxylation sites is 1. The first-order chi connectivity index (χ1) is 27.1. The molecule has 3 aromatic carbocycles. The minimum atomic E-state index is -0.477. The number of rotatable bonds is 10. The number of allylic oxidation sites excluding steroid dienone is 1. The average Bonchev–Trinajstić information content (AvgIpc) is 3.18. The van der Waals surface area contributed by atoms with Crippen LogP contribution in [0.2, 0.25) is 0 Å². The van der Waals surface area contributed by atoms with Gasteiger partial charge in [-0.2, -0.15) is 0 Å². The molecule has 56 heavy (non-hydrogen) atoms.